The molecule has 1 aromatic rings. The van der Waals surface area contributed by atoms with E-state index in [2.05, 4.69) is 3.82 Å². The average Bonchev–Trinajstić information content (AvgIpc) is 1.85. The van der Waals surface area contributed by atoms with Crippen LogP contribution in [0.1, 0.15) is 0 Å². The number of hydrogen-bond acceptors (Lipinski definition) is 3. The van der Waals surface area contributed by atoms with Crippen LogP contribution in [0.15, 0.2) is 30.3 Å². The van der Waals surface area contributed by atoms with Gasteiger partial charge in [0.1, 0.15) is 0 Å². The van der Waals surface area contributed by atoms with Gasteiger partial charge in [-0.05, 0) is 0 Å². The minimum absolute atomic E-state index is 0. The van der Waals surface area contributed by atoms with Crippen molar-refractivity contribution in [1.29, 1.82) is 0 Å². The van der Waals surface area contributed by atoms with Crippen LogP contribution >= 0.6 is 17.0 Å². The third kappa shape index (κ3) is 4.46. The molecule has 1 aromatic carbocycles. The van der Waals surface area contributed by atoms with Gasteiger partial charge in [-0.25, -0.2) is 0 Å². The van der Waals surface area contributed by atoms with E-state index in [9.17, 15) is 7.67 Å². The minimum atomic E-state index is -5.06. The Morgan fingerprint density at radius 2 is 1.67 bits per heavy atom. The van der Waals surface area contributed by atoms with E-state index in [0.717, 1.165) is 0 Å². The number of halogens is 1. The second-order valence-electron chi connectivity index (χ2n) is 1.82. The molecule has 0 aliphatic rings. The van der Waals surface area contributed by atoms with Gasteiger partial charge < -0.3 is 0 Å². The molecule has 6 heteroatoms. The fourth-order valence-electron chi connectivity index (χ4n) is 0.598. The van der Waals surface area contributed by atoms with Crippen LogP contribution < -0.4 is 3.82 Å². The summed E-state index contributed by atoms with van der Waals surface area (Å²) in [5, 5.41) is 0. The molecule has 0 aromatic heterocycles. The molecule has 0 heterocycles. The first-order chi connectivity index (χ1) is 5.08. The van der Waals surface area contributed by atoms with Crippen molar-refractivity contribution in [2.75, 3.05) is 0 Å². The van der Waals surface area contributed by atoms with Gasteiger partial charge >= 0.3 is 65.1 Å². The Kier molecular flexibility index (Phi) is 4.41. The van der Waals surface area contributed by atoms with Crippen LogP contribution in [-0.2, 0) is 7.67 Å². The standard InChI is InChI=1S/C6H6O4Se.BrH/c7-11(8,9)10-6-4-2-1-3-5-6;/h1-5H,(H,7,8,9);1H. The van der Waals surface area contributed by atoms with Crippen molar-refractivity contribution in [2.24, 2.45) is 0 Å². The molecule has 0 fully saturated rings. The first kappa shape index (κ1) is 11.6. The van der Waals surface area contributed by atoms with Gasteiger partial charge in [-0.3, -0.25) is 0 Å². The first-order valence-electron chi connectivity index (χ1n) is 2.80. The Labute approximate surface area is 82.2 Å². The van der Waals surface area contributed by atoms with Gasteiger partial charge in [0.2, 0.25) is 0 Å². The molecular weight excluding hydrogens is 295 g/mol. The Hall–Kier alpha value is -0.421. The number of rotatable bonds is 2. The molecule has 1 rings (SSSR count). The van der Waals surface area contributed by atoms with Crippen LogP contribution in [0.4, 0.5) is 0 Å². The van der Waals surface area contributed by atoms with Gasteiger partial charge in [-0.2, -0.15) is 0 Å². The molecule has 0 spiro atoms. The normalized spacial score (nSPS) is 10.1. The SMILES string of the molecule is Br.O=[Se](=O)(O)Oc1ccccc1. The predicted molar refractivity (Wildman–Crippen MR) is 46.7 cm³/mol. The number of hydrogen-bond donors (Lipinski definition) is 1. The second kappa shape index (κ2) is 4.57. The second-order valence-corrected chi connectivity index (χ2v) is 3.97. The van der Waals surface area contributed by atoms with Crippen molar-refractivity contribution in [2.45, 2.75) is 0 Å². The maximum atomic E-state index is 10.2. The summed E-state index contributed by atoms with van der Waals surface area (Å²) in [6, 6.07) is 7.82. The van der Waals surface area contributed by atoms with E-state index in [0.29, 0.717) is 0 Å². The summed E-state index contributed by atoms with van der Waals surface area (Å²) in [5.41, 5.74) is 0. The van der Waals surface area contributed by atoms with Crippen molar-refractivity contribution >= 4 is 30.3 Å². The zero-order chi connectivity index (χ0) is 8.32. The average molecular weight is 302 g/mol. The van der Waals surface area contributed by atoms with Gasteiger partial charge in [-0.1, -0.05) is 0 Å². The van der Waals surface area contributed by atoms with E-state index in [-0.39, 0.29) is 22.7 Å². The summed E-state index contributed by atoms with van der Waals surface area (Å²) < 4.78 is 32.9. The van der Waals surface area contributed by atoms with Crippen molar-refractivity contribution in [3.63, 3.8) is 0 Å². The zero-order valence-corrected chi connectivity index (χ0v) is 9.30. The van der Waals surface area contributed by atoms with Crippen LogP contribution in [0.25, 0.3) is 0 Å². The summed E-state index contributed by atoms with van der Waals surface area (Å²) >= 11 is -5.06. The molecule has 0 radical (unpaired) electrons. The van der Waals surface area contributed by atoms with Gasteiger partial charge in [0.05, 0.1) is 0 Å². The molecule has 0 amide bonds. The van der Waals surface area contributed by atoms with Gasteiger partial charge in [0.25, 0.3) is 0 Å². The topological polar surface area (TPSA) is 63.6 Å². The van der Waals surface area contributed by atoms with E-state index in [1.165, 1.54) is 12.1 Å². The van der Waals surface area contributed by atoms with Crippen molar-refractivity contribution in [3.05, 3.63) is 30.3 Å². The predicted octanol–water partition coefficient (Wildman–Crippen LogP) is 0.932. The van der Waals surface area contributed by atoms with Crippen molar-refractivity contribution < 1.29 is 15.7 Å². The molecule has 68 valence electrons. The Morgan fingerprint density at radius 1 is 1.17 bits per heavy atom. The van der Waals surface area contributed by atoms with Gasteiger partial charge in [0.15, 0.2) is 0 Å². The molecule has 0 aliphatic heterocycles. The van der Waals surface area contributed by atoms with Gasteiger partial charge in [0, 0.05) is 0 Å². The van der Waals surface area contributed by atoms with Crippen molar-refractivity contribution in [1.82, 2.24) is 0 Å². The quantitative estimate of drug-likeness (QED) is 0.826. The van der Waals surface area contributed by atoms with Crippen LogP contribution in [0.2, 0.25) is 0 Å². The van der Waals surface area contributed by atoms with E-state index >= 15 is 0 Å². The summed E-state index contributed by atoms with van der Waals surface area (Å²) in [6.07, 6.45) is 0. The molecule has 0 saturated heterocycles. The molecule has 0 aliphatic carbocycles. The fraction of sp³-hybridized carbons (Fsp3) is 0. The van der Waals surface area contributed by atoms with E-state index < -0.39 is 13.4 Å². The Morgan fingerprint density at radius 3 is 2.08 bits per heavy atom. The number of benzene rings is 1. The summed E-state index contributed by atoms with van der Waals surface area (Å²) in [5.74, 6) is 0.125. The third-order valence-corrected chi connectivity index (χ3v) is 1.79. The molecule has 4 nitrogen and oxygen atoms in total. The Bertz CT molecular complexity index is 321. The monoisotopic (exact) mass is 302 g/mol. The summed E-state index contributed by atoms with van der Waals surface area (Å²) in [4.78, 5) is 0. The molecule has 0 unspecified atom stereocenters. The van der Waals surface area contributed by atoms with E-state index in [4.69, 9.17) is 4.19 Å². The zero-order valence-electron chi connectivity index (χ0n) is 5.88. The molecule has 0 atom stereocenters. The Balaban J connectivity index is 0.00000121. The molecule has 0 bridgehead atoms. The maximum absolute atomic E-state index is 10.2. The van der Waals surface area contributed by atoms with Crippen LogP contribution in [-0.4, -0.2) is 17.6 Å². The van der Waals surface area contributed by atoms with Crippen LogP contribution in [0, 0.1) is 0 Å². The first-order valence-corrected chi connectivity index (χ1v) is 5.66. The number of para-hydroxylation sites is 1. The molecular formula is C6H7BrO4Se. The third-order valence-electron chi connectivity index (χ3n) is 0.945. The van der Waals surface area contributed by atoms with Crippen LogP contribution in [0.3, 0.4) is 0 Å². The fourth-order valence-corrected chi connectivity index (χ4v) is 1.34. The van der Waals surface area contributed by atoms with E-state index in [1.807, 2.05) is 0 Å². The molecule has 0 saturated carbocycles. The van der Waals surface area contributed by atoms with Crippen LogP contribution in [0.5, 0.6) is 5.75 Å². The summed E-state index contributed by atoms with van der Waals surface area (Å²) in [6.45, 7) is 0. The molecule has 1 N–H and O–H groups in total. The molecule has 12 heavy (non-hydrogen) atoms. The van der Waals surface area contributed by atoms with Gasteiger partial charge in [-0.15, -0.1) is 17.0 Å². The van der Waals surface area contributed by atoms with Crippen molar-refractivity contribution in [3.8, 4) is 5.75 Å². The van der Waals surface area contributed by atoms with E-state index in [1.54, 1.807) is 18.2 Å². The summed E-state index contributed by atoms with van der Waals surface area (Å²) in [7, 11) is 0.